The Hall–Kier alpha value is -1.44. The van der Waals surface area contributed by atoms with Gasteiger partial charge in [0.25, 0.3) is 0 Å². The van der Waals surface area contributed by atoms with Gasteiger partial charge in [-0.1, -0.05) is 24.3 Å². The summed E-state index contributed by atoms with van der Waals surface area (Å²) in [5, 5.41) is 0. The lowest BCUT2D eigenvalue weighted by atomic mass is 10.0. The molecule has 0 aromatic carbocycles. The van der Waals surface area contributed by atoms with Crippen LogP contribution < -0.4 is 0 Å². The molecule has 0 saturated carbocycles. The van der Waals surface area contributed by atoms with Crippen LogP contribution in [0.3, 0.4) is 0 Å². The molecule has 0 spiro atoms. The van der Waals surface area contributed by atoms with E-state index in [0.29, 0.717) is 12.1 Å². The molecule has 2 unspecified atom stereocenters. The summed E-state index contributed by atoms with van der Waals surface area (Å²) in [5.74, 6) is 0. The van der Waals surface area contributed by atoms with Crippen LogP contribution >= 0.6 is 0 Å². The maximum absolute atomic E-state index is 2.24. The van der Waals surface area contributed by atoms with Crippen molar-refractivity contribution in [3.8, 4) is 0 Å². The Labute approximate surface area is 85.5 Å². The summed E-state index contributed by atoms with van der Waals surface area (Å²) in [6, 6.07) is 0.873. The molecule has 0 saturated heterocycles. The molecule has 2 atom stereocenters. The van der Waals surface area contributed by atoms with Crippen molar-refractivity contribution < 1.29 is 0 Å². The van der Waals surface area contributed by atoms with Gasteiger partial charge in [-0.05, 0) is 24.6 Å². The molecule has 0 fully saturated rings. The SMILES string of the molecule is CN1C=CC=CC1C1C=CC=CN1C. The highest BCUT2D eigenvalue weighted by Crippen LogP contribution is 2.17. The summed E-state index contributed by atoms with van der Waals surface area (Å²) in [6.45, 7) is 0. The van der Waals surface area contributed by atoms with Gasteiger partial charge in [0.1, 0.15) is 0 Å². The minimum absolute atomic E-state index is 0.436. The van der Waals surface area contributed by atoms with Crippen molar-refractivity contribution in [2.24, 2.45) is 0 Å². The average molecular weight is 188 g/mol. The third-order valence-electron chi connectivity index (χ3n) is 2.77. The largest absolute Gasteiger partial charge is 0.372 e. The van der Waals surface area contributed by atoms with E-state index in [1.54, 1.807) is 0 Å². The van der Waals surface area contributed by atoms with Gasteiger partial charge in [0, 0.05) is 14.1 Å². The fraction of sp³-hybridized carbons (Fsp3) is 0.333. The monoisotopic (exact) mass is 188 g/mol. The summed E-state index contributed by atoms with van der Waals surface area (Å²) in [7, 11) is 4.23. The first-order valence-corrected chi connectivity index (χ1v) is 4.93. The molecule has 2 rings (SSSR count). The second kappa shape index (κ2) is 3.74. The van der Waals surface area contributed by atoms with E-state index in [4.69, 9.17) is 0 Å². The zero-order valence-corrected chi connectivity index (χ0v) is 8.67. The van der Waals surface area contributed by atoms with E-state index in [-0.39, 0.29) is 0 Å². The van der Waals surface area contributed by atoms with E-state index in [0.717, 1.165) is 0 Å². The van der Waals surface area contributed by atoms with Crippen LogP contribution in [0.2, 0.25) is 0 Å². The van der Waals surface area contributed by atoms with E-state index in [1.807, 2.05) is 0 Å². The van der Waals surface area contributed by atoms with E-state index in [2.05, 4.69) is 72.8 Å². The fourth-order valence-corrected chi connectivity index (χ4v) is 1.91. The predicted octanol–water partition coefficient (Wildman–Crippen LogP) is 1.75. The molecule has 0 aromatic heterocycles. The lowest BCUT2D eigenvalue weighted by molar-refractivity contribution is 0.248. The molecule has 0 radical (unpaired) electrons. The summed E-state index contributed by atoms with van der Waals surface area (Å²) in [6.07, 6.45) is 17.1. The highest BCUT2D eigenvalue weighted by atomic mass is 15.2. The quantitative estimate of drug-likeness (QED) is 0.618. The van der Waals surface area contributed by atoms with Crippen molar-refractivity contribution in [1.82, 2.24) is 9.80 Å². The number of hydrogen-bond acceptors (Lipinski definition) is 2. The molecule has 2 aliphatic heterocycles. The van der Waals surface area contributed by atoms with Gasteiger partial charge in [0.2, 0.25) is 0 Å². The van der Waals surface area contributed by atoms with Gasteiger partial charge in [-0.2, -0.15) is 0 Å². The number of hydrogen-bond donors (Lipinski definition) is 0. The predicted molar refractivity (Wildman–Crippen MR) is 59.7 cm³/mol. The van der Waals surface area contributed by atoms with Crippen molar-refractivity contribution in [1.29, 1.82) is 0 Å². The normalized spacial score (nSPS) is 30.1. The van der Waals surface area contributed by atoms with Crippen LogP contribution in [0.25, 0.3) is 0 Å². The highest BCUT2D eigenvalue weighted by molar-refractivity contribution is 5.22. The topological polar surface area (TPSA) is 6.48 Å². The Morgan fingerprint density at radius 1 is 0.714 bits per heavy atom. The highest BCUT2D eigenvalue weighted by Gasteiger charge is 2.23. The summed E-state index contributed by atoms with van der Waals surface area (Å²) < 4.78 is 0. The number of rotatable bonds is 1. The maximum atomic E-state index is 2.24. The molecular weight excluding hydrogens is 172 g/mol. The lowest BCUT2D eigenvalue weighted by Gasteiger charge is -2.37. The van der Waals surface area contributed by atoms with Gasteiger partial charge in [-0.15, -0.1) is 0 Å². The zero-order chi connectivity index (χ0) is 9.97. The van der Waals surface area contributed by atoms with Gasteiger partial charge >= 0.3 is 0 Å². The molecule has 2 nitrogen and oxygen atoms in total. The molecular formula is C12H16N2. The molecule has 14 heavy (non-hydrogen) atoms. The minimum Gasteiger partial charge on any atom is -0.372 e. The van der Waals surface area contributed by atoms with Gasteiger partial charge in [-0.25, -0.2) is 0 Å². The van der Waals surface area contributed by atoms with Gasteiger partial charge in [0.05, 0.1) is 12.1 Å². The van der Waals surface area contributed by atoms with Gasteiger partial charge in [-0.3, -0.25) is 0 Å². The first-order chi connectivity index (χ1) is 6.79. The molecule has 2 heteroatoms. The molecule has 2 heterocycles. The molecule has 2 aliphatic rings. The molecule has 0 bridgehead atoms. The Bertz CT molecular complexity index is 280. The van der Waals surface area contributed by atoms with E-state index in [1.165, 1.54) is 0 Å². The lowest BCUT2D eigenvalue weighted by Crippen LogP contribution is -2.44. The maximum Gasteiger partial charge on any atom is 0.0707 e. The zero-order valence-electron chi connectivity index (χ0n) is 8.67. The number of nitrogens with zero attached hydrogens (tertiary/aromatic N) is 2. The Morgan fingerprint density at radius 3 is 1.50 bits per heavy atom. The molecule has 74 valence electrons. The minimum atomic E-state index is 0.436. The third-order valence-corrected chi connectivity index (χ3v) is 2.77. The van der Waals surface area contributed by atoms with Crippen LogP contribution in [0.4, 0.5) is 0 Å². The third kappa shape index (κ3) is 1.60. The van der Waals surface area contributed by atoms with Crippen molar-refractivity contribution in [2.45, 2.75) is 12.1 Å². The summed E-state index contributed by atoms with van der Waals surface area (Å²) in [5.41, 5.74) is 0. The van der Waals surface area contributed by atoms with E-state index >= 15 is 0 Å². The standard InChI is InChI=1S/C12H16N2/c1-13-9-5-3-7-11(13)12-8-4-6-10-14(12)2/h3-12H,1-2H3. The van der Waals surface area contributed by atoms with Crippen molar-refractivity contribution in [2.75, 3.05) is 14.1 Å². The second-order valence-corrected chi connectivity index (χ2v) is 3.76. The van der Waals surface area contributed by atoms with Crippen molar-refractivity contribution in [3.05, 3.63) is 48.9 Å². The average Bonchev–Trinajstić information content (AvgIpc) is 2.20. The first-order valence-electron chi connectivity index (χ1n) is 4.93. The Balaban J connectivity index is 2.15. The van der Waals surface area contributed by atoms with E-state index in [9.17, 15) is 0 Å². The van der Waals surface area contributed by atoms with Crippen LogP contribution in [0.1, 0.15) is 0 Å². The van der Waals surface area contributed by atoms with Gasteiger partial charge < -0.3 is 9.80 Å². The Kier molecular flexibility index (Phi) is 2.44. The smallest absolute Gasteiger partial charge is 0.0707 e. The van der Waals surface area contributed by atoms with Crippen LogP contribution in [0, 0.1) is 0 Å². The summed E-state index contributed by atoms with van der Waals surface area (Å²) >= 11 is 0. The number of allylic oxidation sites excluding steroid dienone is 4. The molecule has 0 aliphatic carbocycles. The molecule has 0 amide bonds. The molecule has 0 N–H and O–H groups in total. The van der Waals surface area contributed by atoms with Crippen LogP contribution in [0.5, 0.6) is 0 Å². The van der Waals surface area contributed by atoms with Gasteiger partial charge in [0.15, 0.2) is 0 Å². The second-order valence-electron chi connectivity index (χ2n) is 3.76. The van der Waals surface area contributed by atoms with Crippen LogP contribution in [0.15, 0.2) is 48.9 Å². The summed E-state index contributed by atoms with van der Waals surface area (Å²) in [4.78, 5) is 4.48. The van der Waals surface area contributed by atoms with Crippen molar-refractivity contribution >= 4 is 0 Å². The fourth-order valence-electron chi connectivity index (χ4n) is 1.91. The number of likely N-dealkylation sites (N-methyl/N-ethyl adjacent to an activating group) is 2. The Morgan fingerprint density at radius 2 is 1.14 bits per heavy atom. The van der Waals surface area contributed by atoms with Crippen LogP contribution in [-0.4, -0.2) is 36.0 Å². The molecule has 0 aromatic rings. The van der Waals surface area contributed by atoms with E-state index < -0.39 is 0 Å². The van der Waals surface area contributed by atoms with Crippen LogP contribution in [-0.2, 0) is 0 Å². The first kappa shape index (κ1) is 9.13. The van der Waals surface area contributed by atoms with Crippen molar-refractivity contribution in [3.63, 3.8) is 0 Å².